The van der Waals surface area contributed by atoms with Crippen LogP contribution in [0.1, 0.15) is 32.4 Å². The number of esters is 1. The van der Waals surface area contributed by atoms with Crippen molar-refractivity contribution >= 4 is 23.0 Å². The summed E-state index contributed by atoms with van der Waals surface area (Å²) in [4.78, 5) is 37.7. The second-order valence-electron chi connectivity index (χ2n) is 8.91. The van der Waals surface area contributed by atoms with E-state index in [1.807, 2.05) is 30.3 Å². The minimum Gasteiger partial charge on any atom is -0.444 e. The molecule has 0 spiro atoms. The number of hydrogen-bond donors (Lipinski definition) is 1. The van der Waals surface area contributed by atoms with Crippen molar-refractivity contribution in [1.29, 1.82) is 0 Å². The number of carbonyl (C=O) groups excluding carboxylic acids is 2. The second kappa shape index (κ2) is 9.85. The summed E-state index contributed by atoms with van der Waals surface area (Å²) < 4.78 is 16.3. The summed E-state index contributed by atoms with van der Waals surface area (Å²) in [6.45, 7) is 5.19. The molecule has 0 saturated carbocycles. The molecule has 7 heteroatoms. The molecule has 1 aromatic heterocycles. The van der Waals surface area contributed by atoms with E-state index in [4.69, 9.17) is 13.9 Å². The van der Waals surface area contributed by atoms with E-state index >= 15 is 0 Å². The van der Waals surface area contributed by atoms with Crippen LogP contribution in [0.3, 0.4) is 0 Å². The van der Waals surface area contributed by atoms with Gasteiger partial charge in [-0.15, -0.1) is 0 Å². The Kier molecular flexibility index (Phi) is 6.68. The first-order chi connectivity index (χ1) is 16.7. The Bertz CT molecular complexity index is 1400. The molecule has 0 aliphatic carbocycles. The molecule has 1 heterocycles. The predicted octanol–water partition coefficient (Wildman–Crippen LogP) is 5.63. The molecule has 1 unspecified atom stereocenters. The van der Waals surface area contributed by atoms with Gasteiger partial charge in [0.15, 0.2) is 6.04 Å². The Morgan fingerprint density at radius 3 is 2.20 bits per heavy atom. The molecule has 0 fully saturated rings. The maximum Gasteiger partial charge on any atom is 0.408 e. The molecule has 1 N–H and O–H groups in total. The SMILES string of the molecule is CC(C)(C)OC(=O)NC(C(=O)Oc1ccc2c(-c3ccccc3)cc(=O)oc2c1)c1ccccc1. The number of carbonyl (C=O) groups is 2. The molecule has 3 aromatic carbocycles. The van der Waals surface area contributed by atoms with Crippen molar-refractivity contribution in [2.24, 2.45) is 0 Å². The van der Waals surface area contributed by atoms with Crippen molar-refractivity contribution in [2.45, 2.75) is 32.4 Å². The molecule has 4 rings (SSSR count). The van der Waals surface area contributed by atoms with Crippen molar-refractivity contribution < 1.29 is 23.5 Å². The van der Waals surface area contributed by atoms with E-state index in [1.54, 1.807) is 63.2 Å². The number of nitrogens with one attached hydrogen (secondary N) is 1. The summed E-state index contributed by atoms with van der Waals surface area (Å²) in [6.07, 6.45) is -0.750. The van der Waals surface area contributed by atoms with Crippen LogP contribution in [0.2, 0.25) is 0 Å². The fourth-order valence-electron chi connectivity index (χ4n) is 3.59. The number of benzene rings is 3. The van der Waals surface area contributed by atoms with Gasteiger partial charge in [0.2, 0.25) is 0 Å². The van der Waals surface area contributed by atoms with E-state index in [-0.39, 0.29) is 11.3 Å². The highest BCUT2D eigenvalue weighted by Gasteiger charge is 2.27. The third kappa shape index (κ3) is 5.95. The van der Waals surface area contributed by atoms with Gasteiger partial charge in [-0.2, -0.15) is 0 Å². The number of fused-ring (bicyclic) bond motifs is 1. The quantitative estimate of drug-likeness (QED) is 0.230. The van der Waals surface area contributed by atoms with Gasteiger partial charge in [-0.1, -0.05) is 60.7 Å². The van der Waals surface area contributed by atoms with Crippen molar-refractivity contribution in [3.05, 3.63) is 101 Å². The minimum absolute atomic E-state index is 0.169. The van der Waals surface area contributed by atoms with Crippen LogP contribution in [0, 0.1) is 0 Å². The Balaban J connectivity index is 1.63. The first-order valence-corrected chi connectivity index (χ1v) is 11.1. The molecule has 0 aliphatic rings. The van der Waals surface area contributed by atoms with Gasteiger partial charge in [-0.25, -0.2) is 14.4 Å². The highest BCUT2D eigenvalue weighted by atomic mass is 16.6. The third-order valence-corrected chi connectivity index (χ3v) is 5.05. The van der Waals surface area contributed by atoms with Crippen LogP contribution in [0.5, 0.6) is 5.75 Å². The lowest BCUT2D eigenvalue weighted by Gasteiger charge is -2.23. The zero-order valence-electron chi connectivity index (χ0n) is 19.6. The standard InChI is InChI=1S/C28H25NO6/c1-28(2,3)35-27(32)29-25(19-12-8-5-9-13-19)26(31)33-20-14-15-21-22(18-10-6-4-7-11-18)17-24(30)34-23(21)16-20/h4-17,25H,1-3H3,(H,29,32). The molecule has 7 nitrogen and oxygen atoms in total. The summed E-state index contributed by atoms with van der Waals surface area (Å²) in [7, 11) is 0. The smallest absolute Gasteiger partial charge is 0.408 e. The Hall–Kier alpha value is -4.39. The van der Waals surface area contributed by atoms with Crippen LogP contribution in [-0.4, -0.2) is 17.7 Å². The van der Waals surface area contributed by atoms with Crippen LogP contribution in [0.4, 0.5) is 4.79 Å². The van der Waals surface area contributed by atoms with E-state index in [0.29, 0.717) is 16.5 Å². The normalized spacial score (nSPS) is 12.1. The van der Waals surface area contributed by atoms with Gasteiger partial charge in [-0.05, 0) is 49.6 Å². The molecule has 0 radical (unpaired) electrons. The summed E-state index contributed by atoms with van der Waals surface area (Å²) in [6, 6.07) is 23.3. The predicted molar refractivity (Wildman–Crippen MR) is 132 cm³/mol. The van der Waals surface area contributed by atoms with E-state index in [1.165, 1.54) is 12.1 Å². The molecular formula is C28H25NO6. The van der Waals surface area contributed by atoms with E-state index in [0.717, 1.165) is 5.56 Å². The summed E-state index contributed by atoms with van der Waals surface area (Å²) in [5, 5.41) is 3.27. The molecule has 1 amide bonds. The third-order valence-electron chi connectivity index (χ3n) is 5.05. The number of rotatable bonds is 5. The van der Waals surface area contributed by atoms with Crippen molar-refractivity contribution in [2.75, 3.05) is 0 Å². The Morgan fingerprint density at radius 1 is 0.886 bits per heavy atom. The highest BCUT2D eigenvalue weighted by molar-refractivity contribution is 5.94. The zero-order chi connectivity index (χ0) is 25.0. The van der Waals surface area contributed by atoms with E-state index in [9.17, 15) is 14.4 Å². The highest BCUT2D eigenvalue weighted by Crippen LogP contribution is 2.30. The topological polar surface area (TPSA) is 94.8 Å². The first-order valence-electron chi connectivity index (χ1n) is 11.1. The van der Waals surface area contributed by atoms with Crippen LogP contribution in [0.15, 0.2) is 94.1 Å². The summed E-state index contributed by atoms with van der Waals surface area (Å²) >= 11 is 0. The summed E-state index contributed by atoms with van der Waals surface area (Å²) in [5.41, 5.74) is 1.12. The first kappa shape index (κ1) is 23.8. The largest absolute Gasteiger partial charge is 0.444 e. The van der Waals surface area contributed by atoms with Crippen LogP contribution in [-0.2, 0) is 9.53 Å². The van der Waals surface area contributed by atoms with Gasteiger partial charge in [0.25, 0.3) is 0 Å². The zero-order valence-corrected chi connectivity index (χ0v) is 19.6. The van der Waals surface area contributed by atoms with Crippen molar-refractivity contribution in [3.63, 3.8) is 0 Å². The van der Waals surface area contributed by atoms with Crippen LogP contribution in [0.25, 0.3) is 22.1 Å². The average molecular weight is 472 g/mol. The maximum atomic E-state index is 13.1. The van der Waals surface area contributed by atoms with Gasteiger partial charge in [-0.3, -0.25) is 0 Å². The van der Waals surface area contributed by atoms with Gasteiger partial charge in [0.1, 0.15) is 16.9 Å². The van der Waals surface area contributed by atoms with Gasteiger partial charge < -0.3 is 19.2 Å². The summed E-state index contributed by atoms with van der Waals surface area (Å²) in [5.74, 6) is -0.550. The van der Waals surface area contributed by atoms with Crippen LogP contribution < -0.4 is 15.7 Å². The lowest BCUT2D eigenvalue weighted by atomic mass is 10.0. The van der Waals surface area contributed by atoms with Crippen LogP contribution >= 0.6 is 0 Å². The Labute approximate surface area is 202 Å². The monoisotopic (exact) mass is 471 g/mol. The van der Waals surface area contributed by atoms with Gasteiger partial charge in [0, 0.05) is 17.5 Å². The number of ether oxygens (including phenoxy) is 2. The fourth-order valence-corrected chi connectivity index (χ4v) is 3.59. The molecule has 0 bridgehead atoms. The van der Waals surface area contributed by atoms with E-state index < -0.39 is 29.3 Å². The van der Waals surface area contributed by atoms with Gasteiger partial charge >= 0.3 is 17.7 Å². The molecule has 35 heavy (non-hydrogen) atoms. The molecule has 0 saturated heterocycles. The molecule has 178 valence electrons. The fraction of sp³-hybridized carbons (Fsp3) is 0.179. The molecule has 4 aromatic rings. The second-order valence-corrected chi connectivity index (χ2v) is 8.91. The van der Waals surface area contributed by atoms with Crippen molar-refractivity contribution in [3.8, 4) is 16.9 Å². The number of amides is 1. The Morgan fingerprint density at radius 2 is 1.54 bits per heavy atom. The van der Waals surface area contributed by atoms with Crippen molar-refractivity contribution in [1.82, 2.24) is 5.32 Å². The molecule has 0 aliphatic heterocycles. The maximum absolute atomic E-state index is 13.1. The minimum atomic E-state index is -1.11. The van der Waals surface area contributed by atoms with Gasteiger partial charge in [0.05, 0.1) is 0 Å². The lowest BCUT2D eigenvalue weighted by molar-refractivity contribution is -0.137. The molecular weight excluding hydrogens is 446 g/mol. The lowest BCUT2D eigenvalue weighted by Crippen LogP contribution is -2.39. The molecule has 1 atom stereocenters. The van der Waals surface area contributed by atoms with E-state index in [2.05, 4.69) is 5.32 Å². The number of alkyl carbamates (subject to hydrolysis) is 1. The number of hydrogen-bond acceptors (Lipinski definition) is 6. The average Bonchev–Trinajstić information content (AvgIpc) is 2.81.